The lowest BCUT2D eigenvalue weighted by Gasteiger charge is -2.07. The van der Waals surface area contributed by atoms with Gasteiger partial charge >= 0.3 is 0 Å². The van der Waals surface area contributed by atoms with Crippen LogP contribution in [0.4, 0.5) is 5.13 Å². The number of hydrogen-bond donors (Lipinski definition) is 1. The minimum absolute atomic E-state index is 0.607. The van der Waals surface area contributed by atoms with Gasteiger partial charge in [-0.05, 0) is 30.7 Å². The second kappa shape index (κ2) is 8.01. The maximum atomic E-state index is 5.67. The van der Waals surface area contributed by atoms with E-state index in [0.29, 0.717) is 11.7 Å². The molecule has 1 aromatic carbocycles. The number of thioether (sulfide) groups is 1. The first-order chi connectivity index (χ1) is 9.78. The zero-order chi connectivity index (χ0) is 14.2. The van der Waals surface area contributed by atoms with E-state index in [4.69, 9.17) is 15.2 Å². The molecule has 0 bridgehead atoms. The molecule has 1 aromatic heterocycles. The fourth-order valence-electron chi connectivity index (χ4n) is 1.49. The highest BCUT2D eigenvalue weighted by atomic mass is 32.2. The third-order valence-corrected chi connectivity index (χ3v) is 4.38. The van der Waals surface area contributed by atoms with Crippen LogP contribution >= 0.6 is 23.1 Å². The number of thiazole rings is 1. The van der Waals surface area contributed by atoms with Crippen LogP contribution in [0, 0.1) is 0 Å². The molecule has 0 aliphatic carbocycles. The number of aromatic nitrogens is 1. The Hall–Kier alpha value is -1.40. The van der Waals surface area contributed by atoms with E-state index in [0.717, 1.165) is 34.5 Å². The minimum atomic E-state index is 0.607. The van der Waals surface area contributed by atoms with Crippen molar-refractivity contribution in [3.63, 3.8) is 0 Å². The smallest absolute Gasteiger partial charge is 0.181 e. The van der Waals surface area contributed by atoms with Crippen LogP contribution in [0.5, 0.6) is 11.5 Å². The molecule has 0 radical (unpaired) electrons. The van der Waals surface area contributed by atoms with Crippen molar-refractivity contribution in [2.75, 3.05) is 24.7 Å². The van der Waals surface area contributed by atoms with Crippen molar-refractivity contribution in [3.05, 3.63) is 30.5 Å². The topological polar surface area (TPSA) is 57.4 Å². The van der Waals surface area contributed by atoms with E-state index in [2.05, 4.69) is 11.9 Å². The van der Waals surface area contributed by atoms with Crippen molar-refractivity contribution in [1.82, 2.24) is 4.98 Å². The molecule has 2 N–H and O–H groups in total. The fourth-order valence-corrected chi connectivity index (χ4v) is 3.15. The lowest BCUT2D eigenvalue weighted by Crippen LogP contribution is -2.00. The van der Waals surface area contributed by atoms with Gasteiger partial charge in [0, 0.05) is 5.75 Å². The molecule has 0 amide bonds. The second-order valence-corrected chi connectivity index (χ2v) is 6.49. The van der Waals surface area contributed by atoms with Gasteiger partial charge in [0.1, 0.15) is 11.5 Å². The van der Waals surface area contributed by atoms with Crippen molar-refractivity contribution < 1.29 is 9.47 Å². The summed E-state index contributed by atoms with van der Waals surface area (Å²) in [6, 6.07) is 7.73. The third kappa shape index (κ3) is 4.94. The summed E-state index contributed by atoms with van der Waals surface area (Å²) in [7, 11) is 0. The van der Waals surface area contributed by atoms with Gasteiger partial charge in [0.25, 0.3) is 0 Å². The molecule has 2 rings (SSSR count). The number of benzene rings is 1. The fraction of sp³-hybridized carbons (Fsp3) is 0.357. The summed E-state index contributed by atoms with van der Waals surface area (Å²) in [5.74, 6) is 2.61. The zero-order valence-corrected chi connectivity index (χ0v) is 13.0. The quantitative estimate of drug-likeness (QED) is 0.595. The van der Waals surface area contributed by atoms with Gasteiger partial charge in [0.2, 0.25) is 0 Å². The molecule has 6 heteroatoms. The average Bonchev–Trinajstić information content (AvgIpc) is 2.88. The van der Waals surface area contributed by atoms with E-state index < -0.39 is 0 Å². The first kappa shape index (κ1) is 15.0. The average molecular weight is 310 g/mol. The summed E-state index contributed by atoms with van der Waals surface area (Å²) in [5, 5.41) is 0.607. The van der Waals surface area contributed by atoms with Crippen LogP contribution in [0.1, 0.15) is 13.3 Å². The molecule has 0 spiro atoms. The van der Waals surface area contributed by atoms with Crippen molar-refractivity contribution in [3.8, 4) is 11.5 Å². The maximum Gasteiger partial charge on any atom is 0.181 e. The van der Waals surface area contributed by atoms with E-state index in [1.54, 1.807) is 18.0 Å². The monoisotopic (exact) mass is 310 g/mol. The van der Waals surface area contributed by atoms with Crippen LogP contribution in [-0.4, -0.2) is 24.0 Å². The Labute approximate surface area is 127 Å². The Morgan fingerprint density at radius 2 is 1.80 bits per heavy atom. The number of anilines is 1. The predicted molar refractivity (Wildman–Crippen MR) is 85.0 cm³/mol. The molecule has 2 aromatic rings. The number of nitrogens with zero attached hydrogens (tertiary/aromatic N) is 1. The van der Waals surface area contributed by atoms with Gasteiger partial charge in [0.15, 0.2) is 5.13 Å². The van der Waals surface area contributed by atoms with Crippen LogP contribution in [0.15, 0.2) is 34.7 Å². The molecular weight excluding hydrogens is 292 g/mol. The highest BCUT2D eigenvalue weighted by Crippen LogP contribution is 2.26. The minimum Gasteiger partial charge on any atom is -0.494 e. The molecule has 0 fully saturated rings. The number of nitrogens with two attached hydrogens (primary N) is 1. The molecule has 0 atom stereocenters. The van der Waals surface area contributed by atoms with Crippen molar-refractivity contribution in [2.45, 2.75) is 17.6 Å². The molecule has 20 heavy (non-hydrogen) atoms. The first-order valence-electron chi connectivity index (χ1n) is 6.47. The Morgan fingerprint density at radius 3 is 2.35 bits per heavy atom. The number of ether oxygens (including phenoxy) is 2. The van der Waals surface area contributed by atoms with Crippen LogP contribution in [-0.2, 0) is 0 Å². The van der Waals surface area contributed by atoms with Crippen LogP contribution in [0.2, 0.25) is 0 Å². The highest BCUT2D eigenvalue weighted by Gasteiger charge is 2.00. The Balaban J connectivity index is 1.68. The maximum absolute atomic E-state index is 5.67. The van der Waals surface area contributed by atoms with Gasteiger partial charge in [0.05, 0.1) is 23.6 Å². The first-order valence-corrected chi connectivity index (χ1v) is 8.28. The summed E-state index contributed by atoms with van der Waals surface area (Å²) < 4.78 is 12.3. The van der Waals surface area contributed by atoms with E-state index in [9.17, 15) is 0 Å². The van der Waals surface area contributed by atoms with Gasteiger partial charge < -0.3 is 15.2 Å². The molecule has 108 valence electrons. The second-order valence-electron chi connectivity index (χ2n) is 4.03. The summed E-state index contributed by atoms with van der Waals surface area (Å²) in [6.45, 7) is 3.48. The zero-order valence-electron chi connectivity index (χ0n) is 11.4. The van der Waals surface area contributed by atoms with Crippen molar-refractivity contribution in [2.24, 2.45) is 0 Å². The predicted octanol–water partition coefficient (Wildman–Crippen LogP) is 3.69. The lowest BCUT2D eigenvalue weighted by molar-refractivity contribution is 0.314. The highest BCUT2D eigenvalue weighted by molar-refractivity contribution is 8.01. The molecule has 0 aliphatic rings. The van der Waals surface area contributed by atoms with Crippen LogP contribution in [0.3, 0.4) is 0 Å². The summed E-state index contributed by atoms with van der Waals surface area (Å²) in [4.78, 5) is 4.01. The number of hydrogen-bond acceptors (Lipinski definition) is 6. The van der Waals surface area contributed by atoms with E-state index in [-0.39, 0.29) is 0 Å². The molecule has 0 saturated heterocycles. The molecule has 0 saturated carbocycles. The molecule has 0 unspecified atom stereocenters. The van der Waals surface area contributed by atoms with Gasteiger partial charge in [-0.15, -0.1) is 11.8 Å². The Bertz CT molecular complexity index is 514. The number of nitrogen functional groups attached to an aromatic ring is 1. The molecular formula is C14H18N2O2S2. The molecule has 4 nitrogen and oxygen atoms in total. The number of rotatable bonds is 8. The lowest BCUT2D eigenvalue weighted by atomic mass is 10.3. The Kier molecular flexibility index (Phi) is 6.01. The SMILES string of the molecule is CCCOc1ccc(OCCSc2cnc(N)s2)cc1. The summed E-state index contributed by atoms with van der Waals surface area (Å²) in [5.41, 5.74) is 5.57. The molecule has 1 heterocycles. The summed E-state index contributed by atoms with van der Waals surface area (Å²) in [6.07, 6.45) is 2.81. The largest absolute Gasteiger partial charge is 0.494 e. The normalized spacial score (nSPS) is 10.4. The third-order valence-electron chi connectivity index (χ3n) is 2.40. The van der Waals surface area contributed by atoms with E-state index in [1.165, 1.54) is 11.3 Å². The summed E-state index contributed by atoms with van der Waals surface area (Å²) >= 11 is 3.20. The standard InChI is InChI=1S/C14H18N2O2S2/c1-2-7-17-11-3-5-12(6-4-11)18-8-9-19-13-10-16-14(15)20-13/h3-6,10H,2,7-9H2,1H3,(H2,15,16). The van der Waals surface area contributed by atoms with Crippen LogP contribution in [0.25, 0.3) is 0 Å². The van der Waals surface area contributed by atoms with Gasteiger partial charge in [-0.25, -0.2) is 4.98 Å². The van der Waals surface area contributed by atoms with Gasteiger partial charge in [-0.1, -0.05) is 18.3 Å². The van der Waals surface area contributed by atoms with Gasteiger partial charge in [-0.3, -0.25) is 0 Å². The van der Waals surface area contributed by atoms with E-state index in [1.807, 2.05) is 24.3 Å². The van der Waals surface area contributed by atoms with Crippen molar-refractivity contribution >= 4 is 28.2 Å². The van der Waals surface area contributed by atoms with Crippen molar-refractivity contribution in [1.29, 1.82) is 0 Å². The van der Waals surface area contributed by atoms with Crippen LogP contribution < -0.4 is 15.2 Å². The van der Waals surface area contributed by atoms with E-state index >= 15 is 0 Å². The Morgan fingerprint density at radius 1 is 1.15 bits per heavy atom. The van der Waals surface area contributed by atoms with Gasteiger partial charge in [-0.2, -0.15) is 0 Å². The molecule has 0 aliphatic heterocycles.